The van der Waals surface area contributed by atoms with Crippen LogP contribution in [0.15, 0.2) is 41.1 Å². The van der Waals surface area contributed by atoms with E-state index in [1.807, 2.05) is 29.5 Å². The van der Waals surface area contributed by atoms with Crippen molar-refractivity contribution in [2.24, 2.45) is 0 Å². The summed E-state index contributed by atoms with van der Waals surface area (Å²) in [5.41, 5.74) is 0.635. The molecule has 0 unspecified atom stereocenters. The van der Waals surface area contributed by atoms with Crippen LogP contribution in [0.25, 0.3) is 0 Å². The Hall–Kier alpha value is -1.88. The van der Waals surface area contributed by atoms with Gasteiger partial charge in [0.2, 0.25) is 11.6 Å². The zero-order chi connectivity index (χ0) is 13.1. The van der Waals surface area contributed by atoms with Crippen LogP contribution in [0, 0.1) is 0 Å². The van der Waals surface area contributed by atoms with Gasteiger partial charge in [0.05, 0.1) is 19.4 Å². The first-order valence-corrected chi connectivity index (χ1v) is 6.29. The second kappa shape index (κ2) is 5.18. The minimum absolute atomic E-state index is 0.429. The zero-order valence-electron chi connectivity index (χ0n) is 10.2. The molecule has 1 heterocycles. The fraction of sp³-hybridized carbons (Fsp3) is 0.231. The van der Waals surface area contributed by atoms with Gasteiger partial charge in [-0.3, -0.25) is 9.59 Å². The zero-order valence-corrected chi connectivity index (χ0v) is 11.0. The summed E-state index contributed by atoms with van der Waals surface area (Å²) >= 11 is 1.64. The van der Waals surface area contributed by atoms with E-state index in [9.17, 15) is 9.59 Å². The molecule has 94 valence electrons. The van der Waals surface area contributed by atoms with Gasteiger partial charge in [-0.1, -0.05) is 6.07 Å². The Morgan fingerprint density at radius 2 is 2.00 bits per heavy atom. The number of hydrogen-bond acceptors (Lipinski definition) is 5. The maximum Gasteiger partial charge on any atom is 0.229 e. The van der Waals surface area contributed by atoms with E-state index in [1.165, 1.54) is 24.1 Å². The quantitative estimate of drug-likeness (QED) is 0.613. The molecule has 1 aromatic heterocycles. The van der Waals surface area contributed by atoms with Crippen LogP contribution < -0.4 is 0 Å². The van der Waals surface area contributed by atoms with Gasteiger partial charge in [0.15, 0.2) is 0 Å². The van der Waals surface area contributed by atoms with Gasteiger partial charge in [-0.2, -0.15) is 0 Å². The lowest BCUT2D eigenvalue weighted by Crippen LogP contribution is -2.25. The molecule has 1 aliphatic carbocycles. The summed E-state index contributed by atoms with van der Waals surface area (Å²) in [5.74, 6) is -0.623. The fourth-order valence-electron chi connectivity index (χ4n) is 1.71. The minimum atomic E-state index is -0.542. The van der Waals surface area contributed by atoms with Crippen molar-refractivity contribution >= 4 is 22.9 Å². The number of rotatable bonds is 4. The standard InChI is InChI=1S/C13H13NO3S/c1-14(8-9-4-3-5-18-9)10-6-11(15)12(16)7-13(10)17-2/h3-7H,8H2,1-2H3. The van der Waals surface area contributed by atoms with Crippen LogP contribution in [0.2, 0.25) is 0 Å². The fourth-order valence-corrected chi connectivity index (χ4v) is 2.47. The molecule has 0 aliphatic heterocycles. The number of ether oxygens (including phenoxy) is 1. The van der Waals surface area contributed by atoms with Gasteiger partial charge in [0.25, 0.3) is 0 Å². The highest BCUT2D eigenvalue weighted by molar-refractivity contribution is 7.09. The second-order valence-electron chi connectivity index (χ2n) is 3.91. The summed E-state index contributed by atoms with van der Waals surface area (Å²) in [7, 11) is 3.35. The molecular formula is C13H13NO3S. The number of hydrogen-bond donors (Lipinski definition) is 0. The smallest absolute Gasteiger partial charge is 0.229 e. The number of methoxy groups -OCH3 is 1. The summed E-state index contributed by atoms with van der Waals surface area (Å²) in [6, 6.07) is 4.00. The van der Waals surface area contributed by atoms with Crippen molar-refractivity contribution < 1.29 is 14.3 Å². The Labute approximate surface area is 109 Å². The third-order valence-electron chi connectivity index (χ3n) is 2.63. The van der Waals surface area contributed by atoms with E-state index in [4.69, 9.17) is 4.74 Å². The van der Waals surface area contributed by atoms with Gasteiger partial charge in [0.1, 0.15) is 5.76 Å². The van der Waals surface area contributed by atoms with Crippen LogP contribution in [0.3, 0.4) is 0 Å². The molecule has 0 atom stereocenters. The van der Waals surface area contributed by atoms with E-state index in [2.05, 4.69) is 0 Å². The lowest BCUT2D eigenvalue weighted by Gasteiger charge is -2.24. The molecule has 0 aromatic carbocycles. The van der Waals surface area contributed by atoms with Crippen molar-refractivity contribution in [3.63, 3.8) is 0 Å². The monoisotopic (exact) mass is 263 g/mol. The summed E-state index contributed by atoms with van der Waals surface area (Å²) in [6.07, 6.45) is 2.57. The van der Waals surface area contributed by atoms with Crippen LogP contribution in [0.5, 0.6) is 0 Å². The summed E-state index contributed by atoms with van der Waals surface area (Å²) < 4.78 is 5.14. The molecule has 5 heteroatoms. The third-order valence-corrected chi connectivity index (χ3v) is 3.49. The van der Waals surface area contributed by atoms with Crippen molar-refractivity contribution in [1.29, 1.82) is 0 Å². The van der Waals surface area contributed by atoms with Crippen LogP contribution in [0.4, 0.5) is 0 Å². The molecule has 0 fully saturated rings. The predicted molar refractivity (Wildman–Crippen MR) is 69.0 cm³/mol. The molecule has 0 saturated heterocycles. The normalized spacial score (nSPS) is 15.2. The number of carbonyl (C=O) groups excluding carboxylic acids is 2. The largest absolute Gasteiger partial charge is 0.494 e. The molecule has 0 N–H and O–H groups in total. The highest BCUT2D eigenvalue weighted by Gasteiger charge is 2.23. The van der Waals surface area contributed by atoms with Crippen molar-refractivity contribution in [3.8, 4) is 0 Å². The Kier molecular flexibility index (Phi) is 3.62. The predicted octanol–water partition coefficient (Wildman–Crippen LogP) is 1.75. The molecule has 0 amide bonds. The number of likely N-dealkylation sites (N-methyl/N-ethyl adjacent to an activating group) is 1. The first-order chi connectivity index (χ1) is 8.61. The SMILES string of the molecule is COC1=CC(=O)C(=O)C=C1N(C)Cc1cccs1. The molecule has 4 nitrogen and oxygen atoms in total. The lowest BCUT2D eigenvalue weighted by molar-refractivity contribution is -0.131. The average molecular weight is 263 g/mol. The summed E-state index contributed by atoms with van der Waals surface area (Å²) in [4.78, 5) is 25.8. The van der Waals surface area contributed by atoms with Gasteiger partial charge in [0, 0.05) is 24.1 Å². The highest BCUT2D eigenvalue weighted by atomic mass is 32.1. The van der Waals surface area contributed by atoms with E-state index in [0.717, 1.165) is 0 Å². The van der Waals surface area contributed by atoms with E-state index in [-0.39, 0.29) is 0 Å². The maximum absolute atomic E-state index is 11.4. The van der Waals surface area contributed by atoms with Crippen LogP contribution in [0.1, 0.15) is 4.88 Å². The first kappa shape index (κ1) is 12.6. The Morgan fingerprint density at radius 1 is 1.28 bits per heavy atom. The molecule has 0 radical (unpaired) electrons. The van der Waals surface area contributed by atoms with Crippen molar-refractivity contribution in [2.45, 2.75) is 6.54 Å². The third kappa shape index (κ3) is 2.51. The number of allylic oxidation sites excluding steroid dienone is 2. The van der Waals surface area contributed by atoms with E-state index >= 15 is 0 Å². The molecule has 0 spiro atoms. The lowest BCUT2D eigenvalue weighted by atomic mass is 10.1. The van der Waals surface area contributed by atoms with Gasteiger partial charge >= 0.3 is 0 Å². The van der Waals surface area contributed by atoms with Gasteiger partial charge in [-0.15, -0.1) is 11.3 Å². The number of carbonyl (C=O) groups is 2. The van der Waals surface area contributed by atoms with Crippen molar-refractivity contribution in [3.05, 3.63) is 46.0 Å². The van der Waals surface area contributed by atoms with Crippen LogP contribution in [-0.4, -0.2) is 30.6 Å². The van der Waals surface area contributed by atoms with Gasteiger partial charge < -0.3 is 9.64 Å². The van der Waals surface area contributed by atoms with Crippen LogP contribution >= 0.6 is 11.3 Å². The van der Waals surface area contributed by atoms with Crippen LogP contribution in [-0.2, 0) is 20.9 Å². The average Bonchev–Trinajstić information content (AvgIpc) is 2.84. The van der Waals surface area contributed by atoms with Crippen molar-refractivity contribution in [2.75, 3.05) is 14.2 Å². The summed E-state index contributed by atoms with van der Waals surface area (Å²) in [6.45, 7) is 0.672. The summed E-state index contributed by atoms with van der Waals surface area (Å²) in [5, 5.41) is 2.00. The molecule has 1 aliphatic rings. The molecule has 2 rings (SSSR count). The molecular weight excluding hydrogens is 250 g/mol. The second-order valence-corrected chi connectivity index (χ2v) is 4.94. The maximum atomic E-state index is 11.4. The Morgan fingerprint density at radius 3 is 2.61 bits per heavy atom. The molecule has 0 bridgehead atoms. The molecule has 18 heavy (non-hydrogen) atoms. The van der Waals surface area contributed by atoms with Gasteiger partial charge in [-0.25, -0.2) is 0 Å². The van der Waals surface area contributed by atoms with E-state index in [0.29, 0.717) is 18.0 Å². The molecule has 1 aromatic rings. The first-order valence-electron chi connectivity index (χ1n) is 5.41. The number of nitrogens with zero attached hydrogens (tertiary/aromatic N) is 1. The molecule has 0 saturated carbocycles. The number of ketones is 2. The highest BCUT2D eigenvalue weighted by Crippen LogP contribution is 2.22. The van der Waals surface area contributed by atoms with E-state index < -0.39 is 11.6 Å². The Bertz CT molecular complexity index is 528. The van der Waals surface area contributed by atoms with Crippen molar-refractivity contribution in [1.82, 2.24) is 4.90 Å². The number of thiophene rings is 1. The topological polar surface area (TPSA) is 46.6 Å². The minimum Gasteiger partial charge on any atom is -0.494 e. The van der Waals surface area contributed by atoms with E-state index in [1.54, 1.807) is 11.3 Å². The van der Waals surface area contributed by atoms with Gasteiger partial charge in [-0.05, 0) is 11.4 Å². The Balaban J connectivity index is 2.20.